The van der Waals surface area contributed by atoms with Crippen LogP contribution in [-0.2, 0) is 6.54 Å². The number of hydrogen-bond donors (Lipinski definition) is 1. The second-order valence-electron chi connectivity index (χ2n) is 2.43. The normalized spacial score (nSPS) is 10.2. The van der Waals surface area contributed by atoms with E-state index in [-0.39, 0.29) is 6.54 Å². The second-order valence-corrected chi connectivity index (χ2v) is 2.43. The van der Waals surface area contributed by atoms with E-state index in [1.165, 1.54) is 6.26 Å². The highest BCUT2D eigenvalue weighted by Gasteiger charge is 2.05. The van der Waals surface area contributed by atoms with Gasteiger partial charge in [-0.3, -0.25) is 0 Å². The zero-order valence-corrected chi connectivity index (χ0v) is 6.60. The highest BCUT2D eigenvalue weighted by atomic mass is 16.5. The summed E-state index contributed by atoms with van der Waals surface area (Å²) in [4.78, 5) is 16.8. The quantitative estimate of drug-likeness (QED) is 0.718. The zero-order chi connectivity index (χ0) is 9.10. The number of rotatable bonds is 3. The van der Waals surface area contributed by atoms with Crippen LogP contribution in [0.3, 0.4) is 0 Å². The molecule has 2 heterocycles. The monoisotopic (exact) mass is 178 g/mol. The van der Waals surface area contributed by atoms with Crippen molar-refractivity contribution in [3.8, 4) is 11.5 Å². The summed E-state index contributed by atoms with van der Waals surface area (Å²) in [6.07, 6.45) is 3.00. The van der Waals surface area contributed by atoms with Crippen molar-refractivity contribution in [2.24, 2.45) is 5.18 Å². The lowest BCUT2D eigenvalue weighted by Crippen LogP contribution is -1.81. The second kappa shape index (κ2) is 3.18. The molecule has 0 spiro atoms. The Kier molecular flexibility index (Phi) is 1.87. The van der Waals surface area contributed by atoms with Crippen molar-refractivity contribution in [3.05, 3.63) is 29.1 Å². The van der Waals surface area contributed by atoms with Crippen LogP contribution in [0, 0.1) is 4.91 Å². The van der Waals surface area contributed by atoms with E-state index in [1.807, 2.05) is 0 Å². The summed E-state index contributed by atoms with van der Waals surface area (Å²) in [5, 5.41) is 6.42. The maximum atomic E-state index is 9.94. The molecular weight excluding hydrogens is 172 g/mol. The largest absolute Gasteiger partial charge is 0.364 e. The van der Waals surface area contributed by atoms with E-state index >= 15 is 0 Å². The van der Waals surface area contributed by atoms with E-state index < -0.39 is 0 Å². The standard InChI is InChI=1S/C7H6N4O2/c12-9-4-5-3-8-7(10-5)6-1-2-13-11-6/h1-3H,4H2,(H,8,10). The number of hydrogen-bond acceptors (Lipinski definition) is 5. The highest BCUT2D eigenvalue weighted by Crippen LogP contribution is 2.12. The molecule has 0 aromatic carbocycles. The van der Waals surface area contributed by atoms with E-state index in [9.17, 15) is 4.91 Å². The van der Waals surface area contributed by atoms with E-state index in [0.717, 1.165) is 0 Å². The molecule has 2 aromatic rings. The lowest BCUT2D eigenvalue weighted by atomic mass is 10.4. The van der Waals surface area contributed by atoms with Gasteiger partial charge in [0.25, 0.3) is 0 Å². The van der Waals surface area contributed by atoms with Crippen molar-refractivity contribution in [3.63, 3.8) is 0 Å². The number of H-pyrrole nitrogens is 1. The van der Waals surface area contributed by atoms with Gasteiger partial charge in [-0.25, -0.2) is 4.98 Å². The molecule has 0 amide bonds. The van der Waals surface area contributed by atoms with Gasteiger partial charge in [0.15, 0.2) is 5.82 Å². The van der Waals surface area contributed by atoms with Gasteiger partial charge >= 0.3 is 0 Å². The summed E-state index contributed by atoms with van der Waals surface area (Å²) in [7, 11) is 0. The van der Waals surface area contributed by atoms with Gasteiger partial charge in [-0.05, 0) is 0 Å². The molecule has 13 heavy (non-hydrogen) atoms. The summed E-state index contributed by atoms with van der Waals surface area (Å²) in [5.74, 6) is 0.576. The van der Waals surface area contributed by atoms with Crippen molar-refractivity contribution < 1.29 is 4.52 Å². The third-order valence-corrected chi connectivity index (χ3v) is 1.54. The Hall–Kier alpha value is -1.98. The molecule has 6 nitrogen and oxygen atoms in total. The minimum Gasteiger partial charge on any atom is -0.364 e. The molecule has 0 saturated heterocycles. The molecule has 0 bridgehead atoms. The van der Waals surface area contributed by atoms with Crippen molar-refractivity contribution >= 4 is 0 Å². The summed E-state index contributed by atoms with van der Waals surface area (Å²) in [6.45, 7) is 0.0881. The minimum absolute atomic E-state index is 0.0881. The van der Waals surface area contributed by atoms with E-state index in [2.05, 4.69) is 24.8 Å². The number of imidazole rings is 1. The number of aromatic amines is 1. The average Bonchev–Trinajstić information content (AvgIpc) is 2.70. The van der Waals surface area contributed by atoms with Crippen LogP contribution in [0.1, 0.15) is 5.69 Å². The molecule has 66 valence electrons. The topological polar surface area (TPSA) is 84.1 Å². The lowest BCUT2D eigenvalue weighted by molar-refractivity contribution is 0.422. The van der Waals surface area contributed by atoms with Crippen molar-refractivity contribution in [1.29, 1.82) is 0 Å². The first-order valence-electron chi connectivity index (χ1n) is 3.64. The first-order chi connectivity index (χ1) is 6.40. The molecule has 0 atom stereocenters. The van der Waals surface area contributed by atoms with Gasteiger partial charge in [0.05, 0.1) is 11.9 Å². The Bertz CT molecular complexity index is 392. The van der Waals surface area contributed by atoms with Crippen LogP contribution >= 0.6 is 0 Å². The Labute approximate surface area is 72.9 Å². The predicted molar refractivity (Wildman–Crippen MR) is 43.6 cm³/mol. The van der Waals surface area contributed by atoms with Crippen molar-refractivity contribution in [1.82, 2.24) is 15.1 Å². The first kappa shape index (κ1) is 7.66. The predicted octanol–water partition coefficient (Wildman–Crippen LogP) is 1.33. The third-order valence-electron chi connectivity index (χ3n) is 1.54. The molecule has 6 heteroatoms. The maximum Gasteiger partial charge on any atom is 0.159 e. The molecule has 1 N–H and O–H groups in total. The average molecular weight is 178 g/mol. The SMILES string of the molecule is O=NCc1cnc(-c2ccon2)[nH]1. The number of nitroso groups, excluding NO2 is 1. The van der Waals surface area contributed by atoms with E-state index in [4.69, 9.17) is 0 Å². The summed E-state index contributed by atoms with van der Waals surface area (Å²) >= 11 is 0. The van der Waals surface area contributed by atoms with Crippen molar-refractivity contribution in [2.75, 3.05) is 0 Å². The number of nitrogens with one attached hydrogen (secondary N) is 1. The number of nitrogens with zero attached hydrogens (tertiary/aromatic N) is 3. The van der Waals surface area contributed by atoms with Gasteiger partial charge in [-0.15, -0.1) is 0 Å². The lowest BCUT2D eigenvalue weighted by Gasteiger charge is -1.85. The molecule has 0 aliphatic carbocycles. The maximum absolute atomic E-state index is 9.94. The van der Waals surface area contributed by atoms with Crippen LogP contribution in [-0.4, -0.2) is 15.1 Å². The number of aromatic nitrogens is 3. The fourth-order valence-corrected chi connectivity index (χ4v) is 0.974. The van der Waals surface area contributed by atoms with Crippen LogP contribution in [0.2, 0.25) is 0 Å². The van der Waals surface area contributed by atoms with Crippen LogP contribution in [0.25, 0.3) is 11.5 Å². The van der Waals surface area contributed by atoms with Crippen LogP contribution in [0.4, 0.5) is 0 Å². The molecule has 0 fully saturated rings. The fraction of sp³-hybridized carbons (Fsp3) is 0.143. The summed E-state index contributed by atoms with van der Waals surface area (Å²) in [6, 6.07) is 1.68. The van der Waals surface area contributed by atoms with Gasteiger partial charge in [0.1, 0.15) is 18.5 Å². The molecular formula is C7H6N4O2. The van der Waals surface area contributed by atoms with Crippen LogP contribution < -0.4 is 0 Å². The van der Waals surface area contributed by atoms with Crippen LogP contribution in [0.5, 0.6) is 0 Å². The van der Waals surface area contributed by atoms with Crippen LogP contribution in [0.15, 0.2) is 28.2 Å². The van der Waals surface area contributed by atoms with Gasteiger partial charge in [0, 0.05) is 6.07 Å². The Morgan fingerprint density at radius 2 is 2.54 bits per heavy atom. The fourth-order valence-electron chi connectivity index (χ4n) is 0.974. The van der Waals surface area contributed by atoms with Gasteiger partial charge in [0.2, 0.25) is 0 Å². The molecule has 2 rings (SSSR count). The Morgan fingerprint density at radius 1 is 1.62 bits per heavy atom. The third kappa shape index (κ3) is 1.46. The van der Waals surface area contributed by atoms with Gasteiger partial charge in [-0.1, -0.05) is 10.3 Å². The molecule has 0 aliphatic rings. The van der Waals surface area contributed by atoms with E-state index in [1.54, 1.807) is 12.3 Å². The van der Waals surface area contributed by atoms with Gasteiger partial charge < -0.3 is 9.51 Å². The van der Waals surface area contributed by atoms with Crippen molar-refractivity contribution in [2.45, 2.75) is 6.54 Å². The molecule has 2 aromatic heterocycles. The molecule has 0 aliphatic heterocycles. The first-order valence-corrected chi connectivity index (χ1v) is 3.64. The highest BCUT2D eigenvalue weighted by molar-refractivity contribution is 5.47. The summed E-state index contributed by atoms with van der Waals surface area (Å²) in [5.41, 5.74) is 1.27. The Balaban J connectivity index is 2.28. The van der Waals surface area contributed by atoms with E-state index in [0.29, 0.717) is 17.2 Å². The Morgan fingerprint density at radius 3 is 3.23 bits per heavy atom. The molecule has 0 unspecified atom stereocenters. The van der Waals surface area contributed by atoms with Gasteiger partial charge in [-0.2, -0.15) is 4.91 Å². The zero-order valence-electron chi connectivity index (χ0n) is 6.60. The minimum atomic E-state index is 0.0881. The smallest absolute Gasteiger partial charge is 0.159 e. The summed E-state index contributed by atoms with van der Waals surface area (Å²) < 4.78 is 4.64. The molecule has 0 saturated carbocycles. The molecule has 0 radical (unpaired) electrons.